The van der Waals surface area contributed by atoms with Crippen LogP contribution in [0.15, 0.2) is 77.7 Å². The molecule has 2 nitrogen and oxygen atoms in total. The van der Waals surface area contributed by atoms with Crippen LogP contribution in [0.3, 0.4) is 0 Å². The Kier molecular flexibility index (Phi) is 4.43. The van der Waals surface area contributed by atoms with Gasteiger partial charge in [0.05, 0.1) is 16.8 Å². The minimum absolute atomic E-state index is 0.113. The lowest BCUT2D eigenvalue weighted by molar-refractivity contribution is 0.102. The number of carbonyl (C=O) groups is 1. The third-order valence-electron chi connectivity index (χ3n) is 4.04. The molecule has 122 valence electrons. The quantitative estimate of drug-likeness (QED) is 0.252. The highest BCUT2D eigenvalue weighted by atomic mass is 35.5. The maximum atomic E-state index is 12.5. The molecule has 0 atom stereocenters. The van der Waals surface area contributed by atoms with Gasteiger partial charge in [0.1, 0.15) is 0 Å². The second-order valence-corrected chi connectivity index (χ2v) is 7.12. The Morgan fingerprint density at radius 1 is 0.880 bits per heavy atom. The molecule has 0 aliphatic heterocycles. The highest BCUT2D eigenvalue weighted by Gasteiger charge is 2.13. The van der Waals surface area contributed by atoms with E-state index < -0.39 is 0 Å². The van der Waals surface area contributed by atoms with E-state index in [2.05, 4.69) is 0 Å². The minimum Gasteiger partial charge on any atom is -0.293 e. The Morgan fingerprint density at radius 2 is 1.60 bits per heavy atom. The molecule has 25 heavy (non-hydrogen) atoms. The molecule has 3 aromatic carbocycles. The average Bonchev–Trinajstić information content (AvgIpc) is 2.66. The summed E-state index contributed by atoms with van der Waals surface area (Å²) in [5.41, 5.74) is 2.54. The van der Waals surface area contributed by atoms with Crippen LogP contribution >= 0.6 is 23.4 Å². The molecule has 0 saturated heterocycles. The third-order valence-corrected chi connectivity index (χ3v) is 5.41. The molecule has 4 heteroatoms. The Labute approximate surface area is 154 Å². The summed E-state index contributed by atoms with van der Waals surface area (Å²) >= 11 is 7.74. The van der Waals surface area contributed by atoms with E-state index in [1.165, 1.54) is 0 Å². The highest BCUT2D eigenvalue weighted by molar-refractivity contribution is 8.00. The number of hydrogen-bond acceptors (Lipinski definition) is 3. The lowest BCUT2D eigenvalue weighted by Crippen LogP contribution is -2.02. The molecule has 0 amide bonds. The highest BCUT2D eigenvalue weighted by Crippen LogP contribution is 2.35. The van der Waals surface area contributed by atoms with Gasteiger partial charge in [0.2, 0.25) is 0 Å². The molecule has 0 fully saturated rings. The van der Waals surface area contributed by atoms with Crippen molar-refractivity contribution in [2.24, 2.45) is 0 Å². The molecule has 0 spiro atoms. The first-order chi connectivity index (χ1) is 12.2. The van der Waals surface area contributed by atoms with Gasteiger partial charge in [-0.3, -0.25) is 4.79 Å². The zero-order valence-corrected chi connectivity index (χ0v) is 14.8. The molecule has 0 aliphatic carbocycles. The summed E-state index contributed by atoms with van der Waals surface area (Å²) < 4.78 is 0. The Hall–Kier alpha value is -2.36. The van der Waals surface area contributed by atoms with Crippen LogP contribution in [0, 0.1) is 0 Å². The van der Waals surface area contributed by atoms with E-state index in [9.17, 15) is 4.79 Å². The molecule has 0 aliphatic rings. The van der Waals surface area contributed by atoms with Gasteiger partial charge in [-0.2, -0.15) is 0 Å². The van der Waals surface area contributed by atoms with Crippen molar-refractivity contribution in [3.63, 3.8) is 0 Å². The summed E-state index contributed by atoms with van der Waals surface area (Å²) in [6.07, 6.45) is 0. The predicted octanol–water partition coefficient (Wildman–Crippen LogP) is 6.02. The smallest absolute Gasteiger partial charge is 0.173 e. The molecular formula is C21H14ClNOS. The van der Waals surface area contributed by atoms with Crippen LogP contribution in [0.2, 0.25) is 5.02 Å². The van der Waals surface area contributed by atoms with Gasteiger partial charge < -0.3 is 0 Å². The SMILES string of the molecule is O=C(CSc1c2ccccc2nc2ccc(Cl)cc12)c1ccccc1. The molecule has 1 aromatic heterocycles. The summed E-state index contributed by atoms with van der Waals surface area (Å²) in [5, 5.41) is 2.70. The van der Waals surface area contributed by atoms with E-state index in [1.54, 1.807) is 11.8 Å². The van der Waals surface area contributed by atoms with Gasteiger partial charge in [0.25, 0.3) is 0 Å². The second-order valence-electron chi connectivity index (χ2n) is 5.70. The maximum absolute atomic E-state index is 12.5. The van der Waals surface area contributed by atoms with Gasteiger partial charge in [0.15, 0.2) is 5.78 Å². The molecule has 0 N–H and O–H groups in total. The van der Waals surface area contributed by atoms with Crippen LogP contribution in [0.5, 0.6) is 0 Å². The van der Waals surface area contributed by atoms with Crippen LogP contribution in [0.4, 0.5) is 0 Å². The Balaban J connectivity index is 1.78. The number of benzene rings is 3. The van der Waals surface area contributed by atoms with Crippen LogP contribution in [0.1, 0.15) is 10.4 Å². The van der Waals surface area contributed by atoms with Gasteiger partial charge in [-0.25, -0.2) is 4.98 Å². The van der Waals surface area contributed by atoms with Gasteiger partial charge in [0, 0.05) is 26.3 Å². The van der Waals surface area contributed by atoms with Gasteiger partial charge in [-0.1, -0.05) is 60.1 Å². The van der Waals surface area contributed by atoms with Crippen molar-refractivity contribution in [3.05, 3.63) is 83.4 Å². The number of fused-ring (bicyclic) bond motifs is 2. The normalized spacial score (nSPS) is 11.1. The number of para-hydroxylation sites is 1. The lowest BCUT2D eigenvalue weighted by atomic mass is 10.1. The van der Waals surface area contributed by atoms with E-state index in [4.69, 9.17) is 16.6 Å². The van der Waals surface area contributed by atoms with Crippen molar-refractivity contribution in [2.45, 2.75) is 4.90 Å². The fourth-order valence-corrected chi connectivity index (χ4v) is 4.09. The molecule has 0 unspecified atom stereocenters. The van der Waals surface area contributed by atoms with E-state index in [0.29, 0.717) is 10.8 Å². The monoisotopic (exact) mass is 363 g/mol. The summed E-state index contributed by atoms with van der Waals surface area (Å²) in [4.78, 5) is 18.3. The number of nitrogens with zero attached hydrogens (tertiary/aromatic N) is 1. The standard InChI is InChI=1S/C21H14ClNOS/c22-15-10-11-19-17(12-15)21(16-8-4-5-9-18(16)23-19)25-13-20(24)14-6-2-1-3-7-14/h1-12H,13H2. The topological polar surface area (TPSA) is 30.0 Å². The van der Waals surface area contributed by atoms with Crippen LogP contribution in [-0.4, -0.2) is 16.5 Å². The number of ketones is 1. The van der Waals surface area contributed by atoms with Crippen molar-refractivity contribution >= 4 is 51.0 Å². The van der Waals surface area contributed by atoms with Crippen LogP contribution in [0.25, 0.3) is 21.8 Å². The lowest BCUT2D eigenvalue weighted by Gasteiger charge is -2.10. The maximum Gasteiger partial charge on any atom is 0.173 e. The molecule has 0 radical (unpaired) electrons. The zero-order chi connectivity index (χ0) is 17.2. The number of carbonyl (C=O) groups excluding carboxylic acids is 1. The molecular weight excluding hydrogens is 350 g/mol. The predicted molar refractivity (Wildman–Crippen MR) is 106 cm³/mol. The van der Waals surface area contributed by atoms with Crippen molar-refractivity contribution in [1.29, 1.82) is 0 Å². The number of rotatable bonds is 4. The average molecular weight is 364 g/mol. The summed E-state index contributed by atoms with van der Waals surface area (Å²) in [5.74, 6) is 0.487. The number of pyridine rings is 1. The molecule has 4 rings (SSSR count). The molecule has 4 aromatic rings. The second kappa shape index (κ2) is 6.87. The minimum atomic E-state index is 0.113. The van der Waals surface area contributed by atoms with Crippen molar-refractivity contribution in [2.75, 3.05) is 5.75 Å². The van der Waals surface area contributed by atoms with Crippen molar-refractivity contribution in [3.8, 4) is 0 Å². The Morgan fingerprint density at radius 3 is 2.44 bits per heavy atom. The van der Waals surface area contributed by atoms with Gasteiger partial charge >= 0.3 is 0 Å². The van der Waals surface area contributed by atoms with E-state index in [-0.39, 0.29) is 5.78 Å². The van der Waals surface area contributed by atoms with Gasteiger partial charge in [-0.15, -0.1) is 11.8 Å². The first kappa shape index (κ1) is 16.1. The first-order valence-corrected chi connectivity index (χ1v) is 9.28. The van der Waals surface area contributed by atoms with Crippen molar-refractivity contribution < 1.29 is 4.79 Å². The Bertz CT molecular complexity index is 1080. The largest absolute Gasteiger partial charge is 0.293 e. The van der Waals surface area contributed by atoms with E-state index >= 15 is 0 Å². The number of halogens is 1. The number of hydrogen-bond donors (Lipinski definition) is 0. The summed E-state index contributed by atoms with van der Waals surface area (Å²) in [6, 6.07) is 23.1. The van der Waals surface area contributed by atoms with Crippen LogP contribution < -0.4 is 0 Å². The summed E-state index contributed by atoms with van der Waals surface area (Å²) in [6.45, 7) is 0. The van der Waals surface area contributed by atoms with E-state index in [1.807, 2.05) is 72.8 Å². The fraction of sp³-hybridized carbons (Fsp3) is 0.0476. The molecule has 0 bridgehead atoms. The van der Waals surface area contributed by atoms with Crippen molar-refractivity contribution in [1.82, 2.24) is 4.98 Å². The van der Waals surface area contributed by atoms with Crippen LogP contribution in [-0.2, 0) is 0 Å². The summed E-state index contributed by atoms with van der Waals surface area (Å²) in [7, 11) is 0. The van der Waals surface area contributed by atoms with E-state index in [0.717, 1.165) is 32.3 Å². The number of Topliss-reactive ketones (excluding diaryl/α,β-unsaturated/α-hetero) is 1. The zero-order valence-electron chi connectivity index (χ0n) is 13.3. The third kappa shape index (κ3) is 3.26. The first-order valence-electron chi connectivity index (χ1n) is 7.91. The molecule has 0 saturated carbocycles. The molecule has 1 heterocycles. The van der Waals surface area contributed by atoms with Gasteiger partial charge in [-0.05, 0) is 24.3 Å². The number of thioether (sulfide) groups is 1. The fourth-order valence-electron chi connectivity index (χ4n) is 2.83. The number of aromatic nitrogens is 1.